The van der Waals surface area contributed by atoms with Gasteiger partial charge in [0.05, 0.1) is 13.7 Å². The summed E-state index contributed by atoms with van der Waals surface area (Å²) in [7, 11) is 1.61. The van der Waals surface area contributed by atoms with E-state index in [-0.39, 0.29) is 18.6 Å². The van der Waals surface area contributed by atoms with Gasteiger partial charge >= 0.3 is 0 Å². The Kier molecular flexibility index (Phi) is 8.50. The van der Waals surface area contributed by atoms with Crippen molar-refractivity contribution in [1.82, 2.24) is 10.9 Å². The number of aliphatic hydroxyl groups is 1. The molecule has 0 aromatic heterocycles. The van der Waals surface area contributed by atoms with E-state index in [1.807, 2.05) is 72.8 Å². The molecule has 1 amide bonds. The lowest BCUT2D eigenvalue weighted by Crippen LogP contribution is -2.54. The molecule has 204 valence electrons. The standard InChI is InChI=1S/C30H32BrN3O5/c1-37-25-8-4-7-21(18-25)27-30(29(36)34-33-23-12-13-23,19-22-6-2-3-9-26(22)31)32-28(39-27)20-10-14-24(15-11-20)38-17-5-16-35/h2-4,6-11,14-15,18,23,27,33,35H,5,12-13,16-17,19H2,1H3,(H,34,36)/t27-,30-/m0/s1. The van der Waals surface area contributed by atoms with Gasteiger partial charge in [0.1, 0.15) is 11.5 Å². The van der Waals surface area contributed by atoms with Crippen LogP contribution in [0.5, 0.6) is 11.5 Å². The number of hydrogen-bond donors (Lipinski definition) is 3. The zero-order valence-corrected chi connectivity index (χ0v) is 23.3. The summed E-state index contributed by atoms with van der Waals surface area (Å²) in [5.41, 5.74) is 7.24. The smallest absolute Gasteiger partial charge is 0.266 e. The first kappa shape index (κ1) is 27.2. The average molecular weight is 595 g/mol. The summed E-state index contributed by atoms with van der Waals surface area (Å²) >= 11 is 3.66. The molecule has 3 N–H and O–H groups in total. The Morgan fingerprint density at radius 2 is 1.90 bits per heavy atom. The largest absolute Gasteiger partial charge is 0.497 e. The van der Waals surface area contributed by atoms with Gasteiger partial charge in [-0.25, -0.2) is 10.4 Å². The third kappa shape index (κ3) is 6.27. The van der Waals surface area contributed by atoms with E-state index in [0.717, 1.165) is 34.0 Å². The molecule has 8 nitrogen and oxygen atoms in total. The van der Waals surface area contributed by atoms with Crippen LogP contribution in [0, 0.1) is 0 Å². The van der Waals surface area contributed by atoms with Crippen molar-refractivity contribution in [2.75, 3.05) is 20.3 Å². The number of methoxy groups -OCH3 is 1. The highest BCUT2D eigenvalue weighted by atomic mass is 79.9. The second kappa shape index (κ2) is 12.2. The van der Waals surface area contributed by atoms with Crippen LogP contribution in [-0.4, -0.2) is 48.8 Å². The fourth-order valence-corrected chi connectivity index (χ4v) is 4.95. The van der Waals surface area contributed by atoms with E-state index in [9.17, 15) is 4.79 Å². The number of rotatable bonds is 12. The molecular formula is C30H32BrN3O5. The number of ether oxygens (including phenoxy) is 3. The minimum absolute atomic E-state index is 0.0751. The Morgan fingerprint density at radius 3 is 2.62 bits per heavy atom. The van der Waals surface area contributed by atoms with Crippen molar-refractivity contribution in [3.8, 4) is 11.5 Å². The van der Waals surface area contributed by atoms with Crippen molar-refractivity contribution >= 4 is 27.7 Å². The number of hydrogen-bond acceptors (Lipinski definition) is 7. The van der Waals surface area contributed by atoms with Crippen molar-refractivity contribution in [3.05, 3.63) is 94.0 Å². The quantitative estimate of drug-likeness (QED) is 0.211. The number of aliphatic imine (C=N–C) groups is 1. The normalized spacial score (nSPS) is 20.2. The number of amides is 1. The molecular weight excluding hydrogens is 562 g/mol. The van der Waals surface area contributed by atoms with Gasteiger partial charge in [-0.3, -0.25) is 10.2 Å². The summed E-state index contributed by atoms with van der Waals surface area (Å²) in [6, 6.07) is 23.1. The number of carbonyl (C=O) groups is 1. The van der Waals surface area contributed by atoms with Crippen LogP contribution in [0.4, 0.5) is 0 Å². The third-order valence-corrected chi connectivity index (χ3v) is 7.59. The lowest BCUT2D eigenvalue weighted by atomic mass is 9.82. The van der Waals surface area contributed by atoms with Gasteiger partial charge in [-0.05, 0) is 66.4 Å². The summed E-state index contributed by atoms with van der Waals surface area (Å²) in [5.74, 6) is 1.46. The average Bonchev–Trinajstić information content (AvgIpc) is 3.72. The molecule has 5 rings (SSSR count). The maximum absolute atomic E-state index is 14.1. The molecule has 1 fully saturated rings. The van der Waals surface area contributed by atoms with Gasteiger partial charge in [0, 0.05) is 35.5 Å². The van der Waals surface area contributed by atoms with Crippen LogP contribution < -0.4 is 20.3 Å². The monoisotopic (exact) mass is 593 g/mol. The minimum atomic E-state index is -1.30. The maximum Gasteiger partial charge on any atom is 0.266 e. The molecule has 1 aliphatic carbocycles. The predicted octanol–water partition coefficient (Wildman–Crippen LogP) is 4.50. The first-order valence-electron chi connectivity index (χ1n) is 13.1. The number of nitrogens with zero attached hydrogens (tertiary/aromatic N) is 1. The van der Waals surface area contributed by atoms with Crippen molar-refractivity contribution in [1.29, 1.82) is 0 Å². The summed E-state index contributed by atoms with van der Waals surface area (Å²) in [4.78, 5) is 19.1. The molecule has 2 aliphatic rings. The zero-order valence-electron chi connectivity index (χ0n) is 21.7. The van der Waals surface area contributed by atoms with Crippen LogP contribution >= 0.6 is 15.9 Å². The van der Waals surface area contributed by atoms with E-state index in [2.05, 4.69) is 26.8 Å². The van der Waals surface area contributed by atoms with E-state index in [0.29, 0.717) is 36.8 Å². The summed E-state index contributed by atoms with van der Waals surface area (Å²) in [6.45, 7) is 0.500. The van der Waals surface area contributed by atoms with Crippen LogP contribution in [0.2, 0.25) is 0 Å². The van der Waals surface area contributed by atoms with Crippen molar-refractivity contribution < 1.29 is 24.1 Å². The number of benzene rings is 3. The Hall–Kier alpha value is -3.40. The fourth-order valence-electron chi connectivity index (χ4n) is 4.52. The van der Waals surface area contributed by atoms with E-state index in [1.165, 1.54) is 0 Å². The highest BCUT2D eigenvalue weighted by molar-refractivity contribution is 9.10. The molecule has 1 saturated carbocycles. The topological polar surface area (TPSA) is 101 Å². The van der Waals surface area contributed by atoms with Gasteiger partial charge in [-0.2, -0.15) is 0 Å². The maximum atomic E-state index is 14.1. The van der Waals surface area contributed by atoms with Gasteiger partial charge in [0.25, 0.3) is 5.91 Å². The van der Waals surface area contributed by atoms with Gasteiger partial charge in [0.15, 0.2) is 11.6 Å². The summed E-state index contributed by atoms with van der Waals surface area (Å²) in [5, 5.41) is 9.01. The summed E-state index contributed by atoms with van der Waals surface area (Å²) < 4.78 is 18.6. The Balaban J connectivity index is 1.56. The highest BCUT2D eigenvalue weighted by Gasteiger charge is 2.54. The van der Waals surface area contributed by atoms with Crippen molar-refractivity contribution in [2.45, 2.75) is 43.4 Å². The van der Waals surface area contributed by atoms with Crippen LogP contribution in [0.15, 0.2) is 82.3 Å². The van der Waals surface area contributed by atoms with E-state index in [1.54, 1.807) is 7.11 Å². The molecule has 39 heavy (non-hydrogen) atoms. The van der Waals surface area contributed by atoms with Crippen LogP contribution in [0.25, 0.3) is 0 Å². The van der Waals surface area contributed by atoms with Crippen LogP contribution in [0.1, 0.15) is 42.1 Å². The van der Waals surface area contributed by atoms with Gasteiger partial charge in [-0.1, -0.05) is 46.3 Å². The van der Waals surface area contributed by atoms with Crippen LogP contribution in [-0.2, 0) is 16.0 Å². The van der Waals surface area contributed by atoms with E-state index in [4.69, 9.17) is 24.3 Å². The molecule has 1 aliphatic heterocycles. The highest BCUT2D eigenvalue weighted by Crippen LogP contribution is 2.44. The molecule has 0 spiro atoms. The molecule has 1 heterocycles. The van der Waals surface area contributed by atoms with Gasteiger partial charge < -0.3 is 19.3 Å². The lowest BCUT2D eigenvalue weighted by Gasteiger charge is -2.31. The van der Waals surface area contributed by atoms with E-state index < -0.39 is 11.6 Å². The minimum Gasteiger partial charge on any atom is -0.497 e. The van der Waals surface area contributed by atoms with Crippen molar-refractivity contribution in [2.24, 2.45) is 4.99 Å². The van der Waals surface area contributed by atoms with Gasteiger partial charge in [-0.15, -0.1) is 0 Å². The first-order chi connectivity index (χ1) is 19.0. The molecule has 0 saturated heterocycles. The number of aliphatic hydroxyl groups excluding tert-OH is 1. The molecule has 0 bridgehead atoms. The number of halogens is 1. The molecule has 3 aromatic rings. The Labute approximate surface area is 236 Å². The zero-order chi connectivity index (χ0) is 27.2. The van der Waals surface area contributed by atoms with Crippen molar-refractivity contribution in [3.63, 3.8) is 0 Å². The number of carbonyl (C=O) groups excluding carboxylic acids is 1. The molecule has 0 radical (unpaired) electrons. The lowest BCUT2D eigenvalue weighted by molar-refractivity contribution is -0.130. The number of hydrazine groups is 1. The van der Waals surface area contributed by atoms with Crippen LogP contribution in [0.3, 0.4) is 0 Å². The predicted molar refractivity (Wildman–Crippen MR) is 152 cm³/mol. The SMILES string of the molecule is COc1cccc([C@@H]2OC(c3ccc(OCCCO)cc3)=N[C@]2(Cc2ccccc2Br)C(=O)NNC2CC2)c1. The Bertz CT molecular complexity index is 1330. The third-order valence-electron chi connectivity index (χ3n) is 6.81. The van der Waals surface area contributed by atoms with E-state index >= 15 is 0 Å². The molecule has 0 unspecified atom stereocenters. The molecule has 9 heteroatoms. The molecule has 3 aromatic carbocycles. The molecule has 2 atom stereocenters. The van der Waals surface area contributed by atoms with Gasteiger partial charge in [0.2, 0.25) is 5.90 Å². The second-order valence-corrected chi connectivity index (χ2v) is 10.6. The Morgan fingerprint density at radius 1 is 1.10 bits per heavy atom. The number of nitrogens with one attached hydrogen (secondary N) is 2. The fraction of sp³-hybridized carbons (Fsp3) is 0.333. The summed E-state index contributed by atoms with van der Waals surface area (Å²) in [6.07, 6.45) is 2.20. The second-order valence-electron chi connectivity index (χ2n) is 9.71. The first-order valence-corrected chi connectivity index (χ1v) is 13.9.